The van der Waals surface area contributed by atoms with Crippen molar-refractivity contribution in [2.75, 3.05) is 11.9 Å². The van der Waals surface area contributed by atoms with Gasteiger partial charge in [-0.05, 0) is 45.4 Å². The zero-order chi connectivity index (χ0) is 26.5. The molecule has 4 heterocycles. The smallest absolute Gasteiger partial charge is 0.449 e. The molecule has 0 aromatic carbocycles. The number of aromatic nitrogens is 4. The number of nitrogens with one attached hydrogen (secondary N) is 1. The van der Waals surface area contributed by atoms with Crippen molar-refractivity contribution in [1.82, 2.24) is 19.7 Å². The van der Waals surface area contributed by atoms with E-state index in [9.17, 15) is 23.1 Å². The molecule has 2 fully saturated rings. The van der Waals surface area contributed by atoms with Crippen molar-refractivity contribution in [3.05, 3.63) is 59.2 Å². The molecular formula is C24H26F3N5O5. The highest BCUT2D eigenvalue weighted by Crippen LogP contribution is 2.42. The predicted octanol–water partition coefficient (Wildman–Crippen LogP) is 3.19. The predicted molar refractivity (Wildman–Crippen MR) is 122 cm³/mol. The third kappa shape index (κ3) is 4.98. The lowest BCUT2D eigenvalue weighted by Crippen LogP contribution is -2.35. The van der Waals surface area contributed by atoms with Gasteiger partial charge in [0, 0.05) is 24.4 Å². The number of hydrogen-bond donors (Lipinski definition) is 2. The number of aliphatic hydroxyl groups excluding tert-OH is 1. The quantitative estimate of drug-likeness (QED) is 0.451. The van der Waals surface area contributed by atoms with E-state index < -0.39 is 23.5 Å². The Hall–Kier alpha value is -3.29. The molecule has 1 saturated carbocycles. The van der Waals surface area contributed by atoms with Gasteiger partial charge in [-0.3, -0.25) is 9.48 Å². The van der Waals surface area contributed by atoms with Gasteiger partial charge in [0.1, 0.15) is 29.7 Å². The molecule has 2 N–H and O–H groups in total. The SMILES string of the molecule is Cc1cc(C(=O)c2cncnc2NC2C[C@H](CO)[C@H]3OC(C)(C)O[C@@H]23)nn1Cc1ccc(C(F)(F)F)o1. The van der Waals surface area contributed by atoms with Gasteiger partial charge >= 0.3 is 6.18 Å². The molecule has 37 heavy (non-hydrogen) atoms. The molecule has 1 aliphatic carbocycles. The number of nitrogens with zero attached hydrogens (tertiary/aromatic N) is 4. The number of rotatable bonds is 7. The summed E-state index contributed by atoms with van der Waals surface area (Å²) in [6.45, 7) is 5.16. The summed E-state index contributed by atoms with van der Waals surface area (Å²) in [6.07, 6.45) is -1.99. The molecule has 0 spiro atoms. The van der Waals surface area contributed by atoms with Crippen molar-refractivity contribution < 1.29 is 37.0 Å². The van der Waals surface area contributed by atoms with Gasteiger partial charge in [0.2, 0.25) is 11.5 Å². The highest BCUT2D eigenvalue weighted by atomic mass is 19.4. The summed E-state index contributed by atoms with van der Waals surface area (Å²) in [5.41, 5.74) is 0.812. The topological polar surface area (TPSA) is 125 Å². The Bertz CT molecular complexity index is 1300. The van der Waals surface area contributed by atoms with E-state index in [2.05, 4.69) is 20.4 Å². The van der Waals surface area contributed by atoms with Crippen LogP contribution in [0.2, 0.25) is 0 Å². The van der Waals surface area contributed by atoms with Crippen LogP contribution in [0, 0.1) is 12.8 Å². The van der Waals surface area contributed by atoms with E-state index in [0.29, 0.717) is 12.1 Å². The van der Waals surface area contributed by atoms with Crippen molar-refractivity contribution in [3.63, 3.8) is 0 Å². The zero-order valence-corrected chi connectivity index (χ0v) is 20.3. The van der Waals surface area contributed by atoms with E-state index in [1.165, 1.54) is 29.3 Å². The van der Waals surface area contributed by atoms with Crippen molar-refractivity contribution in [3.8, 4) is 0 Å². The van der Waals surface area contributed by atoms with Crippen LogP contribution in [0.1, 0.15) is 53.5 Å². The molecule has 3 aromatic rings. The number of carbonyl (C=O) groups is 1. The van der Waals surface area contributed by atoms with Crippen LogP contribution < -0.4 is 5.32 Å². The molecule has 13 heteroatoms. The van der Waals surface area contributed by atoms with Gasteiger partial charge in [0.05, 0.1) is 24.3 Å². The summed E-state index contributed by atoms with van der Waals surface area (Å²) in [5.74, 6) is -2.16. The average Bonchev–Trinajstić information content (AvgIpc) is 3.58. The Morgan fingerprint density at radius 1 is 1.27 bits per heavy atom. The molecule has 0 amide bonds. The normalized spacial score (nSPS) is 24.8. The van der Waals surface area contributed by atoms with Crippen LogP contribution in [0.4, 0.5) is 19.0 Å². The van der Waals surface area contributed by atoms with Gasteiger partial charge in [-0.2, -0.15) is 18.3 Å². The van der Waals surface area contributed by atoms with Crippen LogP contribution in [0.5, 0.6) is 0 Å². The van der Waals surface area contributed by atoms with Crippen molar-refractivity contribution in [2.24, 2.45) is 5.92 Å². The molecule has 3 aromatic heterocycles. The molecule has 0 bridgehead atoms. The van der Waals surface area contributed by atoms with E-state index in [1.807, 2.05) is 13.8 Å². The van der Waals surface area contributed by atoms with Gasteiger partial charge in [-0.15, -0.1) is 0 Å². The summed E-state index contributed by atoms with van der Waals surface area (Å²) >= 11 is 0. The fraction of sp³-hybridized carbons (Fsp3) is 0.500. The van der Waals surface area contributed by atoms with Gasteiger partial charge in [-0.25, -0.2) is 9.97 Å². The first-order valence-corrected chi connectivity index (χ1v) is 11.7. The third-order valence-corrected chi connectivity index (χ3v) is 6.56. The van der Waals surface area contributed by atoms with Gasteiger partial charge in [0.25, 0.3) is 0 Å². The standard InChI is InChI=1S/C24H26F3N5O5/c1-12-6-16(31-32(12)9-14-4-5-18(35-14)24(25,26)27)19(34)15-8-28-11-29-22(15)30-17-7-13(10-33)20-21(17)37-23(2,3)36-20/h4-6,8,11,13,17,20-21,33H,7,9-10H2,1-3H3,(H,28,29,30)/t13-,17?,20-,21+/m1/s1. The number of anilines is 1. The minimum absolute atomic E-state index is 0.0545. The van der Waals surface area contributed by atoms with Crippen molar-refractivity contribution >= 4 is 11.6 Å². The summed E-state index contributed by atoms with van der Waals surface area (Å²) in [6, 6.07) is 3.35. The second-order valence-corrected chi connectivity index (χ2v) is 9.70. The minimum Gasteiger partial charge on any atom is -0.455 e. The zero-order valence-electron chi connectivity index (χ0n) is 20.3. The van der Waals surface area contributed by atoms with E-state index in [-0.39, 0.29) is 60.2 Å². The van der Waals surface area contributed by atoms with Crippen LogP contribution in [-0.2, 0) is 22.2 Å². The number of ketones is 1. The van der Waals surface area contributed by atoms with E-state index in [0.717, 1.165) is 6.07 Å². The van der Waals surface area contributed by atoms with Crippen LogP contribution in [0.15, 0.2) is 35.1 Å². The monoisotopic (exact) mass is 521 g/mol. The molecule has 5 rings (SSSR count). The fourth-order valence-electron chi connectivity index (χ4n) is 4.88. The van der Waals surface area contributed by atoms with Gasteiger partial charge in [-0.1, -0.05) is 0 Å². The average molecular weight is 521 g/mol. The fourth-order valence-corrected chi connectivity index (χ4v) is 4.88. The molecule has 198 valence electrons. The molecule has 4 atom stereocenters. The Balaban J connectivity index is 1.35. The maximum Gasteiger partial charge on any atom is 0.449 e. The van der Waals surface area contributed by atoms with Crippen LogP contribution in [-0.4, -0.2) is 61.3 Å². The van der Waals surface area contributed by atoms with E-state index in [4.69, 9.17) is 13.9 Å². The number of halogens is 3. The molecule has 10 nitrogen and oxygen atoms in total. The lowest BCUT2D eigenvalue weighted by molar-refractivity contribution is -0.158. The van der Waals surface area contributed by atoms with E-state index in [1.54, 1.807) is 6.92 Å². The van der Waals surface area contributed by atoms with Crippen molar-refractivity contribution in [1.29, 1.82) is 0 Å². The number of hydrogen-bond acceptors (Lipinski definition) is 9. The first kappa shape index (κ1) is 25.4. The Kier molecular flexibility index (Phi) is 6.32. The maximum absolute atomic E-state index is 13.4. The molecule has 0 radical (unpaired) electrons. The highest BCUT2D eigenvalue weighted by Gasteiger charge is 2.54. The molecular weight excluding hydrogens is 495 g/mol. The van der Waals surface area contributed by atoms with Crippen molar-refractivity contribution in [2.45, 2.75) is 63.9 Å². The number of furan rings is 1. The van der Waals surface area contributed by atoms with Crippen LogP contribution in [0.3, 0.4) is 0 Å². The maximum atomic E-state index is 13.4. The summed E-state index contributed by atoms with van der Waals surface area (Å²) < 4.78 is 56.8. The summed E-state index contributed by atoms with van der Waals surface area (Å²) in [5, 5.41) is 17.4. The van der Waals surface area contributed by atoms with Crippen LogP contribution in [0.25, 0.3) is 0 Å². The van der Waals surface area contributed by atoms with Crippen LogP contribution >= 0.6 is 0 Å². The molecule has 2 aliphatic rings. The second kappa shape index (κ2) is 9.23. The highest BCUT2D eigenvalue weighted by molar-refractivity contribution is 6.10. The number of aliphatic hydroxyl groups is 1. The number of aryl methyl sites for hydroxylation is 1. The first-order chi connectivity index (χ1) is 17.4. The molecule has 1 aliphatic heterocycles. The minimum atomic E-state index is -4.59. The Morgan fingerprint density at radius 2 is 2.03 bits per heavy atom. The lowest BCUT2D eigenvalue weighted by Gasteiger charge is -2.24. The molecule has 1 saturated heterocycles. The summed E-state index contributed by atoms with van der Waals surface area (Å²) in [7, 11) is 0. The number of carbonyl (C=O) groups excluding carboxylic acids is 1. The van der Waals surface area contributed by atoms with Gasteiger partial charge in [0.15, 0.2) is 5.79 Å². The first-order valence-electron chi connectivity index (χ1n) is 11.7. The largest absolute Gasteiger partial charge is 0.455 e. The Labute approximate surface area is 209 Å². The lowest BCUT2D eigenvalue weighted by atomic mass is 10.1. The summed E-state index contributed by atoms with van der Waals surface area (Å²) in [4.78, 5) is 21.6. The number of alkyl halides is 3. The number of fused-ring (bicyclic) bond motifs is 1. The number of ether oxygens (including phenoxy) is 2. The second-order valence-electron chi connectivity index (χ2n) is 9.70. The Morgan fingerprint density at radius 3 is 2.73 bits per heavy atom. The van der Waals surface area contributed by atoms with Gasteiger partial charge < -0.3 is 24.3 Å². The van der Waals surface area contributed by atoms with E-state index >= 15 is 0 Å². The third-order valence-electron chi connectivity index (χ3n) is 6.56. The molecule has 1 unspecified atom stereocenters.